The Morgan fingerprint density at radius 3 is 1.68 bits per heavy atom. The molecule has 3 aromatic carbocycles. The van der Waals surface area contributed by atoms with Gasteiger partial charge >= 0.3 is 5.97 Å². The SMILES string of the molecule is CCCCCCCCCCCCOc1ccc(C(=O)Oc2ccc(-c3ccc(C(C)OCCCC)cc3)cc2)cc1. The molecule has 0 heterocycles. The molecule has 0 radical (unpaired) electrons. The highest BCUT2D eigenvalue weighted by atomic mass is 16.5. The Bertz CT molecular complexity index is 1100. The lowest BCUT2D eigenvalue weighted by molar-refractivity contribution is 0.0637. The first-order valence-corrected chi connectivity index (χ1v) is 15.9. The number of ether oxygens (including phenoxy) is 3. The molecule has 3 aromatic rings. The van der Waals surface area contributed by atoms with E-state index in [0.29, 0.717) is 17.9 Å². The first-order valence-electron chi connectivity index (χ1n) is 15.9. The molecule has 0 spiro atoms. The van der Waals surface area contributed by atoms with Gasteiger partial charge in [-0.2, -0.15) is 0 Å². The lowest BCUT2D eigenvalue weighted by Crippen LogP contribution is -2.08. The quantitative estimate of drug-likeness (QED) is 0.0786. The molecule has 3 rings (SSSR count). The zero-order chi connectivity index (χ0) is 29.1. The zero-order valence-electron chi connectivity index (χ0n) is 25.5. The van der Waals surface area contributed by atoms with Crippen molar-refractivity contribution in [1.82, 2.24) is 0 Å². The smallest absolute Gasteiger partial charge is 0.343 e. The first kappa shape index (κ1) is 32.4. The molecule has 0 aliphatic carbocycles. The van der Waals surface area contributed by atoms with E-state index in [2.05, 4.69) is 45.0 Å². The molecule has 0 bridgehead atoms. The summed E-state index contributed by atoms with van der Waals surface area (Å²) < 4.78 is 17.4. The number of carbonyl (C=O) groups is 1. The maximum Gasteiger partial charge on any atom is 0.343 e. The van der Waals surface area contributed by atoms with Gasteiger partial charge in [-0.3, -0.25) is 0 Å². The summed E-state index contributed by atoms with van der Waals surface area (Å²) in [7, 11) is 0. The molecule has 1 atom stereocenters. The molecule has 0 saturated heterocycles. The molecule has 222 valence electrons. The van der Waals surface area contributed by atoms with Crippen molar-refractivity contribution >= 4 is 5.97 Å². The lowest BCUT2D eigenvalue weighted by atomic mass is 10.0. The second-order valence-electron chi connectivity index (χ2n) is 11.0. The van der Waals surface area contributed by atoms with Gasteiger partial charge in [-0.25, -0.2) is 4.79 Å². The van der Waals surface area contributed by atoms with Gasteiger partial charge in [0, 0.05) is 6.61 Å². The van der Waals surface area contributed by atoms with Crippen LogP contribution in [0.5, 0.6) is 11.5 Å². The van der Waals surface area contributed by atoms with Crippen LogP contribution in [0.3, 0.4) is 0 Å². The first-order chi connectivity index (χ1) is 20.1. The van der Waals surface area contributed by atoms with Gasteiger partial charge in [-0.1, -0.05) is 114 Å². The summed E-state index contributed by atoms with van der Waals surface area (Å²) in [5.74, 6) is 0.935. The Morgan fingerprint density at radius 2 is 1.10 bits per heavy atom. The van der Waals surface area contributed by atoms with Crippen molar-refractivity contribution < 1.29 is 19.0 Å². The predicted octanol–water partition coefficient (Wildman–Crippen LogP) is 10.8. The molecule has 4 heteroatoms. The average Bonchev–Trinajstić information content (AvgIpc) is 3.00. The highest BCUT2D eigenvalue weighted by Gasteiger charge is 2.10. The third kappa shape index (κ3) is 12.1. The lowest BCUT2D eigenvalue weighted by Gasteiger charge is -2.14. The fourth-order valence-electron chi connectivity index (χ4n) is 4.80. The summed E-state index contributed by atoms with van der Waals surface area (Å²) in [6.07, 6.45) is 15.4. The van der Waals surface area contributed by atoms with Crippen LogP contribution in [-0.4, -0.2) is 19.2 Å². The molecule has 0 amide bonds. The van der Waals surface area contributed by atoms with Crippen molar-refractivity contribution in [2.24, 2.45) is 0 Å². The largest absolute Gasteiger partial charge is 0.494 e. The van der Waals surface area contributed by atoms with Gasteiger partial charge in [-0.05, 0) is 72.9 Å². The van der Waals surface area contributed by atoms with Crippen LogP contribution in [0.1, 0.15) is 120 Å². The molecule has 1 unspecified atom stereocenters. The topological polar surface area (TPSA) is 44.8 Å². The fourth-order valence-corrected chi connectivity index (χ4v) is 4.80. The summed E-state index contributed by atoms with van der Waals surface area (Å²) in [4.78, 5) is 12.7. The van der Waals surface area contributed by atoms with Crippen molar-refractivity contribution in [3.8, 4) is 22.6 Å². The monoisotopic (exact) mass is 558 g/mol. The molecule has 0 aromatic heterocycles. The molecule has 4 nitrogen and oxygen atoms in total. The number of carbonyl (C=O) groups excluding carboxylic acids is 1. The number of hydrogen-bond donors (Lipinski definition) is 0. The fraction of sp³-hybridized carbons (Fsp3) is 0.486. The van der Waals surface area contributed by atoms with E-state index in [0.717, 1.165) is 42.7 Å². The summed E-state index contributed by atoms with van der Waals surface area (Å²) in [6, 6.07) is 23.3. The summed E-state index contributed by atoms with van der Waals surface area (Å²) in [5, 5.41) is 0. The van der Waals surface area contributed by atoms with E-state index in [-0.39, 0.29) is 12.1 Å². The van der Waals surface area contributed by atoms with E-state index in [4.69, 9.17) is 14.2 Å². The van der Waals surface area contributed by atoms with Gasteiger partial charge in [0.15, 0.2) is 0 Å². The van der Waals surface area contributed by atoms with Gasteiger partial charge in [0.2, 0.25) is 0 Å². The van der Waals surface area contributed by atoms with Gasteiger partial charge in [0.1, 0.15) is 11.5 Å². The molecular weight excluding hydrogens is 508 g/mol. The van der Waals surface area contributed by atoms with Crippen molar-refractivity contribution in [3.05, 3.63) is 83.9 Å². The average molecular weight is 559 g/mol. The Hall–Kier alpha value is -3.11. The maximum absolute atomic E-state index is 12.7. The highest BCUT2D eigenvalue weighted by molar-refractivity contribution is 5.91. The van der Waals surface area contributed by atoms with Crippen LogP contribution < -0.4 is 9.47 Å². The number of hydrogen-bond acceptors (Lipinski definition) is 4. The number of benzene rings is 3. The van der Waals surface area contributed by atoms with Gasteiger partial charge in [0.05, 0.1) is 18.3 Å². The summed E-state index contributed by atoms with van der Waals surface area (Å²) >= 11 is 0. The van der Waals surface area contributed by atoms with Crippen LogP contribution in [0.4, 0.5) is 0 Å². The van der Waals surface area contributed by atoms with Gasteiger partial charge in [-0.15, -0.1) is 0 Å². The Labute approximate surface area is 248 Å². The maximum atomic E-state index is 12.7. The molecule has 0 fully saturated rings. The van der Waals surface area contributed by atoms with Gasteiger partial charge < -0.3 is 14.2 Å². The van der Waals surface area contributed by atoms with Crippen LogP contribution in [0.15, 0.2) is 72.8 Å². The minimum Gasteiger partial charge on any atom is -0.494 e. The second-order valence-corrected chi connectivity index (χ2v) is 11.0. The van der Waals surface area contributed by atoms with Crippen molar-refractivity contribution in [1.29, 1.82) is 0 Å². The number of unbranched alkanes of at least 4 members (excludes halogenated alkanes) is 10. The van der Waals surface area contributed by atoms with Crippen molar-refractivity contribution in [3.63, 3.8) is 0 Å². The second kappa shape index (κ2) is 19.1. The molecule has 41 heavy (non-hydrogen) atoms. The Morgan fingerprint density at radius 1 is 0.585 bits per heavy atom. The van der Waals surface area contributed by atoms with E-state index in [1.807, 2.05) is 36.4 Å². The minimum atomic E-state index is -0.375. The van der Waals surface area contributed by atoms with Crippen LogP contribution in [0.2, 0.25) is 0 Å². The molecule has 0 saturated carbocycles. The van der Waals surface area contributed by atoms with Crippen molar-refractivity contribution in [2.45, 2.75) is 104 Å². The third-order valence-electron chi connectivity index (χ3n) is 7.50. The van der Waals surface area contributed by atoms with Crippen LogP contribution in [-0.2, 0) is 4.74 Å². The summed E-state index contributed by atoms with van der Waals surface area (Å²) in [5.41, 5.74) is 3.86. The number of rotatable bonds is 20. The van der Waals surface area contributed by atoms with Crippen LogP contribution in [0.25, 0.3) is 11.1 Å². The van der Waals surface area contributed by atoms with Crippen molar-refractivity contribution in [2.75, 3.05) is 13.2 Å². The van der Waals surface area contributed by atoms with Gasteiger partial charge in [0.25, 0.3) is 0 Å². The van der Waals surface area contributed by atoms with E-state index in [9.17, 15) is 4.79 Å². The van der Waals surface area contributed by atoms with Crippen LogP contribution in [0, 0.1) is 0 Å². The standard InChI is InChI=1S/C37H50O4/c1-4-6-8-9-10-11-12-13-14-15-29-40-35-24-22-34(23-25-35)37(38)41-36-26-20-33(21-27-36)32-18-16-31(17-19-32)30(3)39-28-7-5-2/h16-27,30H,4-15,28-29H2,1-3H3. The van der Waals surface area contributed by atoms with E-state index in [1.165, 1.54) is 63.4 Å². The predicted molar refractivity (Wildman–Crippen MR) is 170 cm³/mol. The Kier molecular flexibility index (Phi) is 15.1. The summed E-state index contributed by atoms with van der Waals surface area (Å²) in [6.45, 7) is 8.02. The molecule has 0 aliphatic rings. The molecule has 0 aliphatic heterocycles. The minimum absolute atomic E-state index is 0.0857. The molecular formula is C37H50O4. The van der Waals surface area contributed by atoms with Crippen LogP contribution >= 0.6 is 0 Å². The molecule has 0 N–H and O–H groups in total. The van der Waals surface area contributed by atoms with E-state index < -0.39 is 0 Å². The third-order valence-corrected chi connectivity index (χ3v) is 7.50. The van der Waals surface area contributed by atoms with E-state index >= 15 is 0 Å². The Balaban J connectivity index is 1.36. The zero-order valence-corrected chi connectivity index (χ0v) is 25.5. The highest BCUT2D eigenvalue weighted by Crippen LogP contribution is 2.26. The van der Waals surface area contributed by atoms with E-state index in [1.54, 1.807) is 12.1 Å². The number of esters is 1. The normalized spacial score (nSPS) is 11.8.